The smallest absolute Gasteiger partial charge is 0.261 e. The predicted molar refractivity (Wildman–Crippen MR) is 597 cm³/mol. The van der Waals surface area contributed by atoms with Crippen LogP contribution in [0.3, 0.4) is 0 Å². The number of anilines is 6. The van der Waals surface area contributed by atoms with Crippen LogP contribution in [-0.4, -0.2) is 70.7 Å². The van der Waals surface area contributed by atoms with E-state index in [1.54, 1.807) is 12.1 Å². The molecule has 0 aromatic heterocycles. The Kier molecular flexibility index (Phi) is 49.5. The molecular weight excluding hydrogens is 2040 g/mol. The Hall–Kier alpha value is -11.0. The van der Waals surface area contributed by atoms with E-state index in [2.05, 4.69) is 193 Å². The molecule has 0 radical (unpaired) electrons. The molecule has 726 valence electrons. The highest BCUT2D eigenvalue weighted by atomic mass is 127. The lowest BCUT2D eigenvalue weighted by Crippen LogP contribution is -2.15. The first kappa shape index (κ1) is 113. The Morgan fingerprint density at radius 3 is 0.891 bits per heavy atom. The molecule has 0 atom stereocenters. The fourth-order valence-electron chi connectivity index (χ4n) is 13.4. The van der Waals surface area contributed by atoms with Gasteiger partial charge in [0.15, 0.2) is 0 Å². The lowest BCUT2D eigenvalue weighted by molar-refractivity contribution is 0.298. The number of nitrogens with one attached hydrogen (secondary N) is 6. The summed E-state index contributed by atoms with van der Waals surface area (Å²) in [6, 6.07) is 72.9. The van der Waals surface area contributed by atoms with Crippen LogP contribution in [0, 0.1) is 99.4 Å². The van der Waals surface area contributed by atoms with Gasteiger partial charge in [-0.1, -0.05) is 188 Å². The summed E-state index contributed by atoms with van der Waals surface area (Å²) in [4.78, 5) is 0. The van der Waals surface area contributed by atoms with E-state index < -0.39 is 0 Å². The second-order valence-electron chi connectivity index (χ2n) is 31.2. The minimum absolute atomic E-state index is 0.105. The van der Waals surface area contributed by atoms with Crippen molar-refractivity contribution >= 4 is 189 Å². The van der Waals surface area contributed by atoms with Crippen LogP contribution >= 0.6 is 123 Å². The number of para-hydroxylation sites is 1. The van der Waals surface area contributed by atoms with Crippen molar-refractivity contribution in [1.82, 2.24) is 0 Å². The van der Waals surface area contributed by atoms with Gasteiger partial charge in [0.2, 0.25) is 0 Å². The van der Waals surface area contributed by atoms with E-state index >= 15 is 0 Å². The normalized spacial score (nSPS) is 10.2. The van der Waals surface area contributed by atoms with Crippen LogP contribution in [0.15, 0.2) is 229 Å². The second-order valence-corrected chi connectivity index (χ2v) is 35.9. The first-order chi connectivity index (χ1) is 65.6. The highest BCUT2D eigenvalue weighted by Crippen LogP contribution is 2.34. The lowest BCUT2D eigenvalue weighted by atomic mass is 10.1. The standard InChI is InChI=1S/C19H23NO2S.C18H20BrNO2S.C18H20ClNO2S.C18H20FNO2S.C18H20INO2S.C18H21NO2S/c1-5-21-19(23)20-17-8-6-7-14(3)16(17)12-22-18-10-9-13(2)11-15(18)4;4*1-4-21-18(23)20-16-7-5-6-15(19)14(16)11-22-17-9-8-12(2)10-13(17)3;1-4-20-18(22)19-16-8-6-5-7-15(16)12-21-17-10-9-13(2)11-14(17)3/h6-11H,5,12H2,1-4H3,(H,20,23);4*5-10H,4,11H2,1-3H3,(H,20,23);5-11H,4,12H2,1-3H3,(H,19,22). The lowest BCUT2D eigenvalue weighted by Gasteiger charge is -2.16. The van der Waals surface area contributed by atoms with Gasteiger partial charge in [-0.15, -0.1) is 0 Å². The van der Waals surface area contributed by atoms with Crippen molar-refractivity contribution in [3.8, 4) is 34.5 Å². The monoisotopic (exact) mass is 2160 g/mol. The summed E-state index contributed by atoms with van der Waals surface area (Å²) in [5.74, 6) is 4.80. The van der Waals surface area contributed by atoms with Gasteiger partial charge >= 0.3 is 0 Å². The Bertz CT molecular complexity index is 5340. The molecular formula is C109H124BrClFIN6O12S6. The zero-order valence-corrected chi connectivity index (χ0v) is 90.6. The van der Waals surface area contributed by atoms with Gasteiger partial charge in [-0.3, -0.25) is 0 Å². The number of halogens is 4. The molecule has 0 aliphatic rings. The minimum atomic E-state index is -0.348. The SMILES string of the molecule is CCOC(=S)Nc1cccc(Br)c1COc1ccc(C)cc1C.CCOC(=S)Nc1cccc(C)c1COc1ccc(C)cc1C.CCOC(=S)Nc1cccc(Cl)c1COc1ccc(C)cc1C.CCOC(=S)Nc1cccc(F)c1COc1ccc(C)cc1C.CCOC(=S)Nc1cccc(I)c1COc1ccc(C)cc1C.CCOC(=S)Nc1ccccc1COc1ccc(C)cc1C. The maximum atomic E-state index is 14.1. The van der Waals surface area contributed by atoms with E-state index in [4.69, 9.17) is 142 Å². The highest BCUT2D eigenvalue weighted by Gasteiger charge is 2.19. The van der Waals surface area contributed by atoms with E-state index in [0.717, 1.165) is 143 Å². The van der Waals surface area contributed by atoms with Crippen LogP contribution in [-0.2, 0) is 68.1 Å². The van der Waals surface area contributed by atoms with Gasteiger partial charge in [-0.2, -0.15) is 0 Å². The molecule has 0 saturated carbocycles. The summed E-state index contributed by atoms with van der Waals surface area (Å²) in [6.45, 7) is 43.5. The zero-order valence-electron chi connectivity index (χ0n) is 81.2. The number of thiocarbonyl (C=S) groups is 6. The summed E-state index contributed by atoms with van der Waals surface area (Å²) in [7, 11) is 0. The molecule has 18 nitrogen and oxygen atoms in total. The Morgan fingerprint density at radius 2 is 0.533 bits per heavy atom. The van der Waals surface area contributed by atoms with Crippen molar-refractivity contribution in [3.05, 3.63) is 349 Å². The third-order valence-corrected chi connectivity index (χ3v) is 23.6. The molecule has 0 bridgehead atoms. The van der Waals surface area contributed by atoms with Crippen molar-refractivity contribution < 1.29 is 61.2 Å². The molecule has 0 unspecified atom stereocenters. The molecule has 28 heteroatoms. The van der Waals surface area contributed by atoms with Crippen molar-refractivity contribution in [1.29, 1.82) is 0 Å². The molecule has 0 amide bonds. The topological polar surface area (TPSA) is 183 Å². The third-order valence-electron chi connectivity index (χ3n) is 20.2. The number of aryl methyl sites for hydroxylation is 13. The molecule has 12 aromatic carbocycles. The maximum absolute atomic E-state index is 14.1. The number of hydrogen-bond donors (Lipinski definition) is 6. The van der Waals surface area contributed by atoms with Crippen LogP contribution in [0.1, 0.15) is 147 Å². The van der Waals surface area contributed by atoms with E-state index in [0.29, 0.717) is 115 Å². The fourth-order valence-corrected chi connectivity index (χ4v) is 16.1. The van der Waals surface area contributed by atoms with E-state index in [1.165, 1.54) is 33.9 Å². The van der Waals surface area contributed by atoms with Crippen LogP contribution in [0.5, 0.6) is 34.5 Å². The van der Waals surface area contributed by atoms with Crippen LogP contribution in [0.2, 0.25) is 5.02 Å². The molecule has 0 saturated heterocycles. The summed E-state index contributed by atoms with van der Waals surface area (Å²) in [6.07, 6.45) is 0. The minimum Gasteiger partial charge on any atom is -0.489 e. The number of hydrogen-bond acceptors (Lipinski definition) is 18. The average molecular weight is 2160 g/mol. The average Bonchev–Trinajstić information content (AvgIpc) is 0.846. The van der Waals surface area contributed by atoms with E-state index in [-0.39, 0.29) is 17.6 Å². The zero-order chi connectivity index (χ0) is 100. The predicted octanol–water partition coefficient (Wildman–Crippen LogP) is 30.2. The molecule has 0 aliphatic heterocycles. The molecule has 12 rings (SSSR count). The van der Waals surface area contributed by atoms with Crippen molar-refractivity contribution in [2.24, 2.45) is 0 Å². The molecule has 0 spiro atoms. The first-order valence-electron chi connectivity index (χ1n) is 44.7. The fraction of sp³-hybridized carbons (Fsp3) is 0.284. The van der Waals surface area contributed by atoms with Gasteiger partial charge in [0.25, 0.3) is 31.0 Å². The Labute approximate surface area is 868 Å². The summed E-state index contributed by atoms with van der Waals surface area (Å²) in [5, 5.41) is 21.1. The van der Waals surface area contributed by atoms with Crippen molar-refractivity contribution in [2.45, 2.75) is 171 Å². The Morgan fingerprint density at radius 1 is 0.277 bits per heavy atom. The first-order valence-corrected chi connectivity index (χ1v) is 49.4. The van der Waals surface area contributed by atoms with Gasteiger partial charge in [0.05, 0.1) is 45.3 Å². The molecule has 12 aromatic rings. The highest BCUT2D eigenvalue weighted by molar-refractivity contribution is 14.1. The maximum Gasteiger partial charge on any atom is 0.261 e. The van der Waals surface area contributed by atoms with Crippen LogP contribution in [0.4, 0.5) is 38.5 Å². The molecule has 0 heterocycles. The number of ether oxygens (including phenoxy) is 12. The van der Waals surface area contributed by atoms with E-state index in [9.17, 15) is 4.39 Å². The number of benzene rings is 12. The van der Waals surface area contributed by atoms with Gasteiger partial charge in [-0.05, 0) is 363 Å². The summed E-state index contributed by atoms with van der Waals surface area (Å²) in [5.41, 5.74) is 25.5. The molecule has 6 N–H and O–H groups in total. The van der Waals surface area contributed by atoms with Gasteiger partial charge in [0, 0.05) is 74.9 Å². The van der Waals surface area contributed by atoms with Gasteiger partial charge in [-0.25, -0.2) is 4.39 Å². The number of rotatable bonds is 30. The van der Waals surface area contributed by atoms with Crippen LogP contribution < -0.4 is 60.3 Å². The summed E-state index contributed by atoms with van der Waals surface area (Å²) < 4.78 is 83.6. The molecule has 137 heavy (non-hydrogen) atoms. The molecule has 0 aliphatic carbocycles. The summed E-state index contributed by atoms with van der Waals surface area (Å²) >= 11 is 43.0. The van der Waals surface area contributed by atoms with Crippen molar-refractivity contribution in [3.63, 3.8) is 0 Å². The van der Waals surface area contributed by atoms with Crippen molar-refractivity contribution in [2.75, 3.05) is 71.5 Å². The van der Waals surface area contributed by atoms with E-state index in [1.807, 2.05) is 215 Å². The van der Waals surface area contributed by atoms with Gasteiger partial charge < -0.3 is 88.7 Å². The molecule has 0 fully saturated rings. The van der Waals surface area contributed by atoms with Gasteiger partial charge in [0.1, 0.15) is 80.0 Å². The third kappa shape index (κ3) is 39.1. The second kappa shape index (κ2) is 60.0. The quantitative estimate of drug-likeness (QED) is 0.0184. The largest absolute Gasteiger partial charge is 0.489 e. The van der Waals surface area contributed by atoms with Crippen LogP contribution in [0.25, 0.3) is 0 Å². The Balaban J connectivity index is 0.000000224.